The van der Waals surface area contributed by atoms with Crippen LogP contribution in [-0.2, 0) is 38.4 Å². The number of rotatable bonds is 26. The fourth-order valence-corrected chi connectivity index (χ4v) is 7.65. The summed E-state index contributed by atoms with van der Waals surface area (Å²) in [6.45, 7) is 7.34. The zero-order valence-electron chi connectivity index (χ0n) is 35.8. The Balaban J connectivity index is 2.22. The van der Waals surface area contributed by atoms with Gasteiger partial charge in [0.15, 0.2) is 5.96 Å². The van der Waals surface area contributed by atoms with Crippen molar-refractivity contribution in [2.24, 2.45) is 45.7 Å². The molecule has 2 rings (SSSR count). The minimum Gasteiger partial charge on any atom is -0.396 e. The summed E-state index contributed by atoms with van der Waals surface area (Å²) >= 11 is 0. The minimum atomic E-state index is -1.44. The van der Waals surface area contributed by atoms with Crippen LogP contribution in [0, 0.1) is 17.8 Å². The molecule has 20 heteroatoms. The molecule has 0 aromatic carbocycles. The molecule has 1 aliphatic heterocycles. The Morgan fingerprint density at radius 2 is 1.25 bits per heavy atom. The van der Waals surface area contributed by atoms with Crippen molar-refractivity contribution in [3.63, 3.8) is 0 Å². The number of aliphatic hydroxyl groups is 1. The van der Waals surface area contributed by atoms with E-state index in [1.807, 2.05) is 27.7 Å². The lowest BCUT2D eigenvalue weighted by Gasteiger charge is -2.31. The molecule has 6 atom stereocenters. The topological polar surface area (TPSA) is 337 Å². The maximum absolute atomic E-state index is 14.1. The van der Waals surface area contributed by atoms with E-state index in [0.717, 1.165) is 32.1 Å². The average Bonchev–Trinajstić information content (AvgIpc) is 3.67. The van der Waals surface area contributed by atoms with Gasteiger partial charge in [0.05, 0.1) is 6.42 Å². The van der Waals surface area contributed by atoms with Crippen LogP contribution < -0.4 is 49.5 Å². The molecule has 14 N–H and O–H groups in total. The zero-order valence-corrected chi connectivity index (χ0v) is 35.8. The minimum absolute atomic E-state index is 0.00853. The first-order valence-corrected chi connectivity index (χ1v) is 21.4. The fourth-order valence-electron chi connectivity index (χ4n) is 7.65. The number of likely N-dealkylation sites (tertiary alicyclic amines) is 1. The number of aliphatic hydroxyl groups excluding tert-OH is 1. The Labute approximate surface area is 353 Å². The summed E-state index contributed by atoms with van der Waals surface area (Å²) in [7, 11) is 0. The summed E-state index contributed by atoms with van der Waals surface area (Å²) in [5.41, 5.74) is 21.4. The van der Waals surface area contributed by atoms with E-state index < -0.39 is 90.6 Å². The van der Waals surface area contributed by atoms with Crippen molar-refractivity contribution in [1.82, 2.24) is 31.5 Å². The Morgan fingerprint density at radius 1 is 0.683 bits per heavy atom. The van der Waals surface area contributed by atoms with E-state index in [9.17, 15) is 43.5 Å². The van der Waals surface area contributed by atoms with Crippen molar-refractivity contribution in [3.05, 3.63) is 0 Å². The summed E-state index contributed by atoms with van der Waals surface area (Å²) in [4.78, 5) is 110. The number of aliphatic imine (C=N–C) groups is 1. The number of nitrogens with one attached hydrogen (secondary N) is 5. The molecule has 0 unspecified atom stereocenters. The van der Waals surface area contributed by atoms with Gasteiger partial charge in [0.1, 0.15) is 36.3 Å². The number of hydrogen-bond acceptors (Lipinski definition) is 10. The van der Waals surface area contributed by atoms with Gasteiger partial charge < -0.3 is 59.5 Å². The standard InChI is InChI=1S/C40H71N11O9/c1-23(2)20-29(46-33(54)15-14-25-10-6-5-7-11-25)36(57)50-30(21-24(3)4)37(58)48-27(16-19-52)39(60)51-18-9-13-31(51)38(59)47-26(12-8-17-45-40(43)44)35(56)49-28(34(42)55)22-32(41)53/h23-31,52H,5-22H2,1-4H3,(H2,41,53)(H2,42,55)(H,46,54)(H,47,59)(H,48,58)(H,49,56)(H,50,57)(H4,43,44,45)/t26-,27-,28-,29-,30-,31-/m0/s1. The molecule has 0 bridgehead atoms. The van der Waals surface area contributed by atoms with Gasteiger partial charge in [-0.2, -0.15) is 0 Å². The molecule has 0 radical (unpaired) electrons. The average molecular weight is 850 g/mol. The van der Waals surface area contributed by atoms with Gasteiger partial charge in [0, 0.05) is 26.1 Å². The predicted octanol–water partition coefficient (Wildman–Crippen LogP) is -1.35. The first kappa shape index (κ1) is 51.1. The van der Waals surface area contributed by atoms with Crippen molar-refractivity contribution in [3.8, 4) is 0 Å². The van der Waals surface area contributed by atoms with Gasteiger partial charge in [-0.1, -0.05) is 59.8 Å². The van der Waals surface area contributed by atoms with E-state index in [1.165, 1.54) is 11.3 Å². The Hall–Kier alpha value is -5.01. The van der Waals surface area contributed by atoms with Gasteiger partial charge in [-0.25, -0.2) is 0 Å². The number of primary amides is 2. The van der Waals surface area contributed by atoms with Crippen LogP contribution in [-0.4, -0.2) is 119 Å². The van der Waals surface area contributed by atoms with E-state index >= 15 is 0 Å². The summed E-state index contributed by atoms with van der Waals surface area (Å²) in [6.07, 6.45) is 7.40. The van der Waals surface area contributed by atoms with E-state index in [2.05, 4.69) is 31.6 Å². The van der Waals surface area contributed by atoms with Crippen LogP contribution in [0.15, 0.2) is 4.99 Å². The van der Waals surface area contributed by atoms with E-state index in [1.54, 1.807) is 0 Å². The second-order valence-corrected chi connectivity index (χ2v) is 16.9. The van der Waals surface area contributed by atoms with Crippen molar-refractivity contribution >= 4 is 53.2 Å². The number of hydrogen-bond donors (Lipinski definition) is 10. The number of nitrogens with zero attached hydrogens (tertiary/aromatic N) is 2. The van der Waals surface area contributed by atoms with Crippen LogP contribution in [0.5, 0.6) is 0 Å². The molecule has 20 nitrogen and oxygen atoms in total. The molecule has 1 saturated heterocycles. The van der Waals surface area contributed by atoms with Gasteiger partial charge >= 0.3 is 0 Å². The maximum Gasteiger partial charge on any atom is 0.245 e. The molecule has 0 aromatic heterocycles. The molecule has 60 heavy (non-hydrogen) atoms. The summed E-state index contributed by atoms with van der Waals surface area (Å²) in [5, 5.41) is 23.3. The van der Waals surface area contributed by atoms with Crippen molar-refractivity contribution < 1.29 is 43.5 Å². The third-order valence-corrected chi connectivity index (χ3v) is 10.7. The number of carbonyl (C=O) groups excluding carboxylic acids is 8. The molecule has 1 heterocycles. The lowest BCUT2D eigenvalue weighted by Crippen LogP contribution is -2.59. The predicted molar refractivity (Wildman–Crippen MR) is 224 cm³/mol. The van der Waals surface area contributed by atoms with Gasteiger partial charge in [-0.15, -0.1) is 0 Å². The van der Waals surface area contributed by atoms with Gasteiger partial charge in [-0.3, -0.25) is 43.3 Å². The largest absolute Gasteiger partial charge is 0.396 e. The van der Waals surface area contributed by atoms with Crippen LogP contribution in [0.4, 0.5) is 0 Å². The zero-order chi connectivity index (χ0) is 44.9. The van der Waals surface area contributed by atoms with E-state index in [-0.39, 0.29) is 68.9 Å². The van der Waals surface area contributed by atoms with Gasteiger partial charge in [0.25, 0.3) is 0 Å². The highest BCUT2D eigenvalue weighted by molar-refractivity contribution is 5.97. The lowest BCUT2D eigenvalue weighted by molar-refractivity contribution is -0.143. The Bertz CT molecular complexity index is 1500. The van der Waals surface area contributed by atoms with Crippen molar-refractivity contribution in [2.45, 2.75) is 160 Å². The highest BCUT2D eigenvalue weighted by atomic mass is 16.3. The summed E-state index contributed by atoms with van der Waals surface area (Å²) in [5.74, 6) is -5.23. The van der Waals surface area contributed by atoms with Gasteiger partial charge in [0.2, 0.25) is 47.3 Å². The number of guanidine groups is 1. The molecule has 0 spiro atoms. The molecular formula is C40H71N11O9. The molecule has 1 saturated carbocycles. The van der Waals surface area contributed by atoms with E-state index in [0.29, 0.717) is 25.2 Å². The third-order valence-electron chi connectivity index (χ3n) is 10.7. The van der Waals surface area contributed by atoms with Crippen LogP contribution in [0.3, 0.4) is 0 Å². The van der Waals surface area contributed by atoms with Crippen LogP contribution >= 0.6 is 0 Å². The fraction of sp³-hybridized carbons (Fsp3) is 0.775. The first-order chi connectivity index (χ1) is 28.3. The molecule has 2 aliphatic rings. The molecule has 0 aromatic rings. The SMILES string of the molecule is CC(C)C[C@H](NC(=O)CCC1CCCCC1)C(=O)N[C@@H](CC(C)C)C(=O)N[C@@H](CCO)C(=O)N1CCC[C@H]1C(=O)N[C@@H](CCCN=C(N)N)C(=O)N[C@@H](CC(N)=O)C(N)=O. The maximum atomic E-state index is 14.1. The third kappa shape index (κ3) is 18.5. The van der Waals surface area contributed by atoms with Crippen LogP contribution in [0.1, 0.15) is 124 Å². The molecule has 2 fully saturated rings. The number of nitrogens with two attached hydrogens (primary N) is 4. The quantitative estimate of drug-likeness (QED) is 0.0276. The smallest absolute Gasteiger partial charge is 0.245 e. The molecule has 8 amide bonds. The number of amides is 8. The van der Waals surface area contributed by atoms with Crippen LogP contribution in [0.2, 0.25) is 0 Å². The van der Waals surface area contributed by atoms with Gasteiger partial charge in [-0.05, 0) is 69.1 Å². The Morgan fingerprint density at radius 3 is 1.80 bits per heavy atom. The summed E-state index contributed by atoms with van der Waals surface area (Å²) in [6, 6.07) is -7.04. The van der Waals surface area contributed by atoms with Crippen molar-refractivity contribution in [1.29, 1.82) is 0 Å². The monoisotopic (exact) mass is 850 g/mol. The molecule has 340 valence electrons. The second kappa shape index (κ2) is 26.3. The highest BCUT2D eigenvalue weighted by Gasteiger charge is 2.40. The highest BCUT2D eigenvalue weighted by Crippen LogP contribution is 2.27. The summed E-state index contributed by atoms with van der Waals surface area (Å²) < 4.78 is 0. The van der Waals surface area contributed by atoms with E-state index in [4.69, 9.17) is 22.9 Å². The van der Waals surface area contributed by atoms with Crippen LogP contribution in [0.25, 0.3) is 0 Å². The van der Waals surface area contributed by atoms with Crippen molar-refractivity contribution in [2.75, 3.05) is 19.7 Å². The number of carbonyl (C=O) groups is 8. The Kier molecular flexibility index (Phi) is 22.4. The second-order valence-electron chi connectivity index (χ2n) is 16.9. The first-order valence-electron chi connectivity index (χ1n) is 21.4. The lowest BCUT2D eigenvalue weighted by atomic mass is 9.86. The molecule has 1 aliphatic carbocycles. The molecular weight excluding hydrogens is 779 g/mol. The normalized spacial score (nSPS) is 18.1.